The molecule has 1 amide bonds. The molecule has 0 radical (unpaired) electrons. The fourth-order valence-corrected chi connectivity index (χ4v) is 4.66. The zero-order chi connectivity index (χ0) is 29.1. The molecule has 0 unspecified atom stereocenters. The van der Waals surface area contributed by atoms with Gasteiger partial charge in [-0.3, -0.25) is 4.79 Å². The van der Waals surface area contributed by atoms with Gasteiger partial charge in [-0.1, -0.05) is 71.9 Å². The predicted molar refractivity (Wildman–Crippen MR) is 159 cm³/mol. The van der Waals surface area contributed by atoms with Crippen LogP contribution in [0.5, 0.6) is 5.75 Å². The molecule has 1 aliphatic rings. The van der Waals surface area contributed by atoms with E-state index in [1.54, 1.807) is 0 Å². The number of aliphatic hydroxyl groups excluding tert-OH is 1. The van der Waals surface area contributed by atoms with Gasteiger partial charge in [0.25, 0.3) is 5.91 Å². The van der Waals surface area contributed by atoms with Crippen molar-refractivity contribution in [3.8, 4) is 5.75 Å². The first kappa shape index (κ1) is 29.4. The van der Waals surface area contributed by atoms with Crippen molar-refractivity contribution in [3.05, 3.63) is 118 Å². The summed E-state index contributed by atoms with van der Waals surface area (Å²) in [5.74, 6) is 0.738. The molecule has 1 aliphatic heterocycles. The molecule has 9 heteroatoms. The Morgan fingerprint density at radius 3 is 2.59 bits per heavy atom. The number of carbonyl (C=O) groups is 1. The fourth-order valence-electron chi connectivity index (χ4n) is 4.66. The van der Waals surface area contributed by atoms with Gasteiger partial charge in [-0.2, -0.15) is 0 Å². The lowest BCUT2D eigenvalue weighted by atomic mass is 9.82. The van der Waals surface area contributed by atoms with Crippen LogP contribution in [0.25, 0.3) is 16.5 Å². The first-order chi connectivity index (χ1) is 20.0. The average molecular weight is 554 g/mol. The van der Waals surface area contributed by atoms with Gasteiger partial charge in [0.15, 0.2) is 11.6 Å². The summed E-state index contributed by atoms with van der Waals surface area (Å²) in [4.78, 5) is 22.0. The van der Waals surface area contributed by atoms with E-state index in [-0.39, 0.29) is 31.5 Å². The highest BCUT2D eigenvalue weighted by Crippen LogP contribution is 2.44. The first-order valence-electron chi connectivity index (χ1n) is 13.7. The Hall–Kier alpha value is -4.59. The molecule has 0 saturated heterocycles. The fraction of sp³-hybridized carbons (Fsp3) is 0.312. The van der Waals surface area contributed by atoms with Gasteiger partial charge in [0.1, 0.15) is 5.75 Å². The van der Waals surface area contributed by atoms with E-state index in [9.17, 15) is 4.79 Å². The predicted octanol–water partition coefficient (Wildman–Crippen LogP) is 6.14. The zero-order valence-electron chi connectivity index (χ0n) is 23.3. The Kier molecular flexibility index (Phi) is 10.2. The third-order valence-electron chi connectivity index (χ3n) is 6.63. The number of amides is 1. The number of rotatable bonds is 13. The topological polar surface area (TPSA) is 129 Å². The highest BCUT2D eigenvalue weighted by Gasteiger charge is 2.53. The summed E-state index contributed by atoms with van der Waals surface area (Å²) in [6.45, 7) is 4.40. The molecule has 0 aromatic heterocycles. The van der Waals surface area contributed by atoms with Gasteiger partial charge in [0.2, 0.25) is 5.90 Å². The van der Waals surface area contributed by atoms with Crippen molar-refractivity contribution >= 4 is 17.9 Å². The second-order valence-corrected chi connectivity index (χ2v) is 10.0. The number of aliphatic hydroxyl groups is 1. The minimum absolute atomic E-state index is 0.0600. The van der Waals surface area contributed by atoms with Crippen LogP contribution in [-0.2, 0) is 16.1 Å². The average Bonchev–Trinajstić information content (AvgIpc) is 3.37. The Morgan fingerprint density at radius 1 is 1.15 bits per heavy atom. The number of azide groups is 1. The number of ether oxygens (including phenoxy) is 2. The molecule has 2 atom stereocenters. The normalized spacial score (nSPS) is 18.0. The molecule has 3 aromatic carbocycles. The molecule has 0 aliphatic carbocycles. The smallest absolute Gasteiger partial charge is 0.252 e. The maximum absolute atomic E-state index is 14.1. The molecule has 2 N–H and O–H groups in total. The lowest BCUT2D eigenvalue weighted by molar-refractivity contribution is -0.129. The largest absolute Gasteiger partial charge is 0.494 e. The second-order valence-electron chi connectivity index (χ2n) is 10.0. The van der Waals surface area contributed by atoms with Crippen LogP contribution in [-0.4, -0.2) is 41.7 Å². The van der Waals surface area contributed by atoms with Crippen molar-refractivity contribution in [1.29, 1.82) is 0 Å². The monoisotopic (exact) mass is 553 g/mol. The van der Waals surface area contributed by atoms with Gasteiger partial charge in [0.05, 0.1) is 13.2 Å². The van der Waals surface area contributed by atoms with Crippen LogP contribution in [0.4, 0.5) is 0 Å². The van der Waals surface area contributed by atoms with Crippen molar-refractivity contribution < 1.29 is 19.4 Å². The molecule has 0 saturated carbocycles. The number of carbonyl (C=O) groups excluding carboxylic acids is 1. The molecule has 4 rings (SSSR count). The van der Waals surface area contributed by atoms with Gasteiger partial charge in [-0.05, 0) is 60.3 Å². The van der Waals surface area contributed by atoms with Crippen LogP contribution >= 0.6 is 0 Å². The van der Waals surface area contributed by atoms with Gasteiger partial charge in [0, 0.05) is 36.0 Å². The number of nitrogens with one attached hydrogen (secondary N) is 1. The maximum Gasteiger partial charge on any atom is 0.252 e. The van der Waals surface area contributed by atoms with E-state index in [0.717, 1.165) is 16.7 Å². The third-order valence-corrected chi connectivity index (χ3v) is 6.63. The summed E-state index contributed by atoms with van der Waals surface area (Å²) in [5, 5.41) is 15.9. The molecule has 41 heavy (non-hydrogen) atoms. The van der Waals surface area contributed by atoms with Crippen LogP contribution < -0.4 is 10.1 Å². The standard InChI is InChI=1S/C32H35N5O4/c1-23(2)35-31(39)32(19-8-12-24-10-4-3-5-11-24)29(28-14-7-6-13-26(28)22-34-37-33)41-30(36-32)25-15-17-27(18-16-25)40-21-9-20-38/h3-8,10-18,23,29,38H,9,19-22H2,1-2H3,(H,35,39)/b12-8+/t29-,32-/m1/s1. The quantitative estimate of drug-likeness (QED) is 0.114. The first-order valence-corrected chi connectivity index (χ1v) is 13.7. The Labute approximate surface area is 240 Å². The molecule has 1 heterocycles. The van der Waals surface area contributed by atoms with Gasteiger partial charge < -0.3 is 19.9 Å². The second kappa shape index (κ2) is 14.2. The lowest BCUT2D eigenvalue weighted by Crippen LogP contribution is -2.50. The highest BCUT2D eigenvalue weighted by atomic mass is 16.5. The molecule has 9 nitrogen and oxygen atoms in total. The SMILES string of the molecule is CC(C)NC(=O)[C@]1(C/C=C/c2ccccc2)N=C(c2ccc(OCCCO)cc2)O[C@@H]1c1ccccc1CN=[N+]=[N-]. The Morgan fingerprint density at radius 2 is 1.88 bits per heavy atom. The van der Waals surface area contributed by atoms with E-state index in [0.29, 0.717) is 30.2 Å². The van der Waals surface area contributed by atoms with Crippen LogP contribution in [0.1, 0.15) is 55.0 Å². The van der Waals surface area contributed by atoms with E-state index >= 15 is 0 Å². The number of nitrogens with zero attached hydrogens (tertiary/aromatic N) is 4. The number of benzene rings is 3. The van der Waals surface area contributed by atoms with E-state index in [1.807, 2.05) is 105 Å². The van der Waals surface area contributed by atoms with Crippen LogP contribution in [0.2, 0.25) is 0 Å². The molecule has 0 fully saturated rings. The van der Waals surface area contributed by atoms with Crippen molar-refractivity contribution in [1.82, 2.24) is 5.32 Å². The van der Waals surface area contributed by atoms with E-state index in [1.165, 1.54) is 0 Å². The molecular weight excluding hydrogens is 518 g/mol. The highest BCUT2D eigenvalue weighted by molar-refractivity contribution is 6.01. The van der Waals surface area contributed by atoms with Crippen molar-refractivity contribution in [2.24, 2.45) is 10.1 Å². The van der Waals surface area contributed by atoms with Crippen LogP contribution in [0, 0.1) is 0 Å². The van der Waals surface area contributed by atoms with Gasteiger partial charge in [-0.15, -0.1) is 0 Å². The summed E-state index contributed by atoms with van der Waals surface area (Å²) in [5.41, 5.74) is 10.9. The minimum Gasteiger partial charge on any atom is -0.494 e. The molecule has 0 spiro atoms. The minimum atomic E-state index is -1.33. The summed E-state index contributed by atoms with van der Waals surface area (Å²) < 4.78 is 12.2. The van der Waals surface area contributed by atoms with Crippen LogP contribution in [0.15, 0.2) is 95.0 Å². The Balaban J connectivity index is 1.79. The molecule has 212 valence electrons. The number of hydrogen-bond acceptors (Lipinski definition) is 6. The zero-order valence-corrected chi connectivity index (χ0v) is 23.3. The lowest BCUT2D eigenvalue weighted by Gasteiger charge is -2.31. The number of aliphatic imine (C=N–C) groups is 1. The summed E-state index contributed by atoms with van der Waals surface area (Å²) in [6.07, 6.45) is 3.96. The molecule has 3 aromatic rings. The van der Waals surface area contributed by atoms with Crippen LogP contribution in [0.3, 0.4) is 0 Å². The van der Waals surface area contributed by atoms with Gasteiger partial charge in [-0.25, -0.2) is 4.99 Å². The summed E-state index contributed by atoms with van der Waals surface area (Å²) in [7, 11) is 0. The third kappa shape index (κ3) is 7.33. The molecular formula is C32H35N5O4. The molecule has 0 bridgehead atoms. The Bertz CT molecular complexity index is 1420. The van der Waals surface area contributed by atoms with E-state index in [2.05, 4.69) is 15.3 Å². The van der Waals surface area contributed by atoms with E-state index < -0.39 is 11.6 Å². The van der Waals surface area contributed by atoms with Crippen molar-refractivity contribution in [2.45, 2.75) is 50.9 Å². The number of hydrogen-bond donors (Lipinski definition) is 2. The van der Waals surface area contributed by atoms with E-state index in [4.69, 9.17) is 25.1 Å². The van der Waals surface area contributed by atoms with Crippen molar-refractivity contribution in [2.75, 3.05) is 13.2 Å². The summed E-state index contributed by atoms with van der Waals surface area (Å²) in [6, 6.07) is 24.5. The van der Waals surface area contributed by atoms with Crippen molar-refractivity contribution in [3.63, 3.8) is 0 Å². The van der Waals surface area contributed by atoms with Gasteiger partial charge >= 0.3 is 0 Å². The summed E-state index contributed by atoms with van der Waals surface area (Å²) >= 11 is 0. The maximum atomic E-state index is 14.1.